The highest BCUT2D eigenvalue weighted by atomic mass is 19.2. The summed E-state index contributed by atoms with van der Waals surface area (Å²) in [6.07, 6.45) is 6.80. The van der Waals surface area contributed by atoms with E-state index in [1.165, 1.54) is 12.1 Å². The van der Waals surface area contributed by atoms with Gasteiger partial charge in [0.25, 0.3) is 0 Å². The van der Waals surface area contributed by atoms with Crippen LogP contribution in [0.25, 0.3) is 0 Å². The smallest absolute Gasteiger partial charge is 0.223 e. The Morgan fingerprint density at radius 3 is 2.52 bits per heavy atom. The molecule has 1 saturated heterocycles. The SMILES string of the molecule is O=C(CCc1ncccn1)N1CCC(Cc2ccc(F)c(F)c2)CC1. The second-order valence-electron chi connectivity index (χ2n) is 6.44. The van der Waals surface area contributed by atoms with Crippen LogP contribution in [0.15, 0.2) is 36.7 Å². The zero-order valence-electron chi connectivity index (χ0n) is 14.0. The van der Waals surface area contributed by atoms with E-state index in [-0.39, 0.29) is 5.91 Å². The number of aryl methyl sites for hydroxylation is 1. The normalized spacial score (nSPS) is 15.4. The Kier molecular flexibility index (Phi) is 5.68. The third-order valence-corrected chi connectivity index (χ3v) is 4.66. The minimum absolute atomic E-state index is 0.124. The molecule has 1 amide bonds. The lowest BCUT2D eigenvalue weighted by Crippen LogP contribution is -2.39. The molecule has 1 aliphatic heterocycles. The molecular weight excluding hydrogens is 324 g/mol. The van der Waals surface area contributed by atoms with Gasteiger partial charge in [-0.2, -0.15) is 0 Å². The largest absolute Gasteiger partial charge is 0.343 e. The fraction of sp³-hybridized carbons (Fsp3) is 0.421. The topological polar surface area (TPSA) is 46.1 Å². The van der Waals surface area contributed by atoms with Gasteiger partial charge in [0, 0.05) is 38.3 Å². The summed E-state index contributed by atoms with van der Waals surface area (Å²) in [7, 11) is 0. The molecule has 1 aromatic carbocycles. The van der Waals surface area contributed by atoms with Gasteiger partial charge in [-0.1, -0.05) is 6.07 Å². The Balaban J connectivity index is 1.44. The van der Waals surface area contributed by atoms with E-state index in [1.54, 1.807) is 24.5 Å². The fourth-order valence-corrected chi connectivity index (χ4v) is 3.22. The van der Waals surface area contributed by atoms with Gasteiger partial charge in [0.1, 0.15) is 5.82 Å². The number of amides is 1. The number of piperidine rings is 1. The van der Waals surface area contributed by atoms with Gasteiger partial charge in [0.2, 0.25) is 5.91 Å². The van der Waals surface area contributed by atoms with Crippen molar-refractivity contribution >= 4 is 5.91 Å². The Morgan fingerprint density at radius 1 is 1.12 bits per heavy atom. The fourth-order valence-electron chi connectivity index (χ4n) is 3.22. The zero-order chi connectivity index (χ0) is 17.6. The average Bonchev–Trinajstić information content (AvgIpc) is 2.64. The van der Waals surface area contributed by atoms with Crippen molar-refractivity contribution in [2.45, 2.75) is 32.1 Å². The summed E-state index contributed by atoms with van der Waals surface area (Å²) in [6, 6.07) is 5.83. The van der Waals surface area contributed by atoms with Gasteiger partial charge in [-0.3, -0.25) is 4.79 Å². The van der Waals surface area contributed by atoms with Crippen molar-refractivity contribution in [1.82, 2.24) is 14.9 Å². The van der Waals surface area contributed by atoms with E-state index < -0.39 is 11.6 Å². The first kappa shape index (κ1) is 17.5. The van der Waals surface area contributed by atoms with Crippen molar-refractivity contribution in [3.05, 3.63) is 59.7 Å². The highest BCUT2D eigenvalue weighted by Gasteiger charge is 2.23. The lowest BCUT2D eigenvalue weighted by Gasteiger charge is -2.32. The Bertz CT molecular complexity index is 716. The summed E-state index contributed by atoms with van der Waals surface area (Å²) in [5.74, 6) is -0.408. The average molecular weight is 345 g/mol. The minimum atomic E-state index is -0.813. The molecule has 0 saturated carbocycles. The monoisotopic (exact) mass is 345 g/mol. The quantitative estimate of drug-likeness (QED) is 0.836. The lowest BCUT2D eigenvalue weighted by molar-refractivity contribution is -0.132. The van der Waals surface area contributed by atoms with E-state index >= 15 is 0 Å². The van der Waals surface area contributed by atoms with Crippen LogP contribution < -0.4 is 0 Å². The minimum Gasteiger partial charge on any atom is -0.343 e. The van der Waals surface area contributed by atoms with Crippen molar-refractivity contribution in [3.8, 4) is 0 Å². The van der Waals surface area contributed by atoms with Crippen LogP contribution in [0.1, 0.15) is 30.7 Å². The Hall–Kier alpha value is -2.37. The molecule has 132 valence electrons. The molecule has 0 radical (unpaired) electrons. The maximum Gasteiger partial charge on any atom is 0.223 e. The van der Waals surface area contributed by atoms with E-state index in [2.05, 4.69) is 9.97 Å². The number of aromatic nitrogens is 2. The van der Waals surface area contributed by atoms with Crippen LogP contribution in [-0.2, 0) is 17.6 Å². The molecule has 0 atom stereocenters. The van der Waals surface area contributed by atoms with Crippen molar-refractivity contribution in [2.24, 2.45) is 5.92 Å². The maximum absolute atomic E-state index is 13.3. The van der Waals surface area contributed by atoms with E-state index in [0.29, 0.717) is 37.7 Å². The molecule has 2 heterocycles. The molecule has 0 aliphatic carbocycles. The van der Waals surface area contributed by atoms with Gasteiger partial charge in [-0.25, -0.2) is 18.7 Å². The van der Waals surface area contributed by atoms with Crippen LogP contribution in [0.3, 0.4) is 0 Å². The van der Waals surface area contributed by atoms with Gasteiger partial charge in [-0.15, -0.1) is 0 Å². The standard InChI is InChI=1S/C19H21F2N3O/c20-16-3-2-15(13-17(16)21)12-14-6-10-24(11-7-14)19(25)5-4-18-22-8-1-9-23-18/h1-3,8-9,13-14H,4-7,10-12H2. The van der Waals surface area contributed by atoms with Gasteiger partial charge in [-0.05, 0) is 48.9 Å². The molecule has 0 spiro atoms. The van der Waals surface area contributed by atoms with Crippen molar-refractivity contribution < 1.29 is 13.6 Å². The first-order chi connectivity index (χ1) is 12.1. The first-order valence-corrected chi connectivity index (χ1v) is 8.59. The van der Waals surface area contributed by atoms with E-state index in [1.807, 2.05) is 4.90 Å². The molecule has 1 aromatic heterocycles. The number of benzene rings is 1. The molecule has 0 bridgehead atoms. The molecule has 0 N–H and O–H groups in total. The predicted octanol–water partition coefficient (Wildman–Crippen LogP) is 3.17. The Labute approximate surface area is 145 Å². The molecule has 4 nitrogen and oxygen atoms in total. The number of carbonyl (C=O) groups excluding carboxylic acids is 1. The molecule has 2 aromatic rings. The van der Waals surface area contributed by atoms with Gasteiger partial charge < -0.3 is 4.90 Å². The summed E-state index contributed by atoms with van der Waals surface area (Å²) in [5, 5.41) is 0. The van der Waals surface area contributed by atoms with E-state index in [9.17, 15) is 13.6 Å². The molecular formula is C19H21F2N3O. The predicted molar refractivity (Wildman–Crippen MR) is 89.7 cm³/mol. The lowest BCUT2D eigenvalue weighted by atomic mass is 9.90. The van der Waals surface area contributed by atoms with Crippen LogP contribution in [-0.4, -0.2) is 33.9 Å². The summed E-state index contributed by atoms with van der Waals surface area (Å²) in [5.41, 5.74) is 0.810. The summed E-state index contributed by atoms with van der Waals surface area (Å²) in [4.78, 5) is 22.4. The molecule has 1 fully saturated rings. The van der Waals surface area contributed by atoms with E-state index in [0.717, 1.165) is 24.8 Å². The van der Waals surface area contributed by atoms with Crippen LogP contribution >= 0.6 is 0 Å². The highest BCUT2D eigenvalue weighted by Crippen LogP contribution is 2.23. The zero-order valence-corrected chi connectivity index (χ0v) is 14.0. The van der Waals surface area contributed by atoms with Crippen molar-refractivity contribution in [1.29, 1.82) is 0 Å². The molecule has 3 rings (SSSR count). The molecule has 25 heavy (non-hydrogen) atoms. The van der Waals surface area contributed by atoms with Gasteiger partial charge >= 0.3 is 0 Å². The van der Waals surface area contributed by atoms with Gasteiger partial charge in [0.15, 0.2) is 11.6 Å². The number of nitrogens with zero attached hydrogens (tertiary/aromatic N) is 3. The second-order valence-corrected chi connectivity index (χ2v) is 6.44. The number of carbonyl (C=O) groups is 1. The first-order valence-electron chi connectivity index (χ1n) is 8.59. The third kappa shape index (κ3) is 4.81. The van der Waals surface area contributed by atoms with Crippen molar-refractivity contribution in [2.75, 3.05) is 13.1 Å². The second kappa shape index (κ2) is 8.14. The van der Waals surface area contributed by atoms with Gasteiger partial charge in [0.05, 0.1) is 0 Å². The Morgan fingerprint density at radius 2 is 1.84 bits per heavy atom. The summed E-state index contributed by atoms with van der Waals surface area (Å²) in [6.45, 7) is 1.42. The van der Waals surface area contributed by atoms with Crippen molar-refractivity contribution in [3.63, 3.8) is 0 Å². The maximum atomic E-state index is 13.3. The summed E-state index contributed by atoms with van der Waals surface area (Å²) < 4.78 is 26.3. The number of halogens is 2. The summed E-state index contributed by atoms with van der Waals surface area (Å²) >= 11 is 0. The number of hydrogen-bond acceptors (Lipinski definition) is 3. The number of likely N-dealkylation sites (tertiary alicyclic amines) is 1. The number of rotatable bonds is 5. The van der Waals surface area contributed by atoms with E-state index in [4.69, 9.17) is 0 Å². The van der Waals surface area contributed by atoms with Crippen LogP contribution in [0.4, 0.5) is 8.78 Å². The number of hydrogen-bond donors (Lipinski definition) is 0. The van der Waals surface area contributed by atoms with Crippen LogP contribution in [0.5, 0.6) is 0 Å². The molecule has 1 aliphatic rings. The van der Waals surface area contributed by atoms with Crippen LogP contribution in [0.2, 0.25) is 0 Å². The molecule has 0 unspecified atom stereocenters. The highest BCUT2D eigenvalue weighted by molar-refractivity contribution is 5.76. The van der Waals surface area contributed by atoms with Crippen LogP contribution in [0, 0.1) is 17.6 Å². The molecule has 6 heteroatoms. The third-order valence-electron chi connectivity index (χ3n) is 4.66.